The van der Waals surface area contributed by atoms with E-state index in [1.807, 2.05) is 11.5 Å². The lowest BCUT2D eigenvalue weighted by molar-refractivity contribution is -0.0943. The van der Waals surface area contributed by atoms with Crippen molar-refractivity contribution >= 4 is 11.6 Å². The minimum absolute atomic E-state index is 0.0282. The molecule has 1 fully saturated rings. The quantitative estimate of drug-likeness (QED) is 0.869. The molecular weight excluding hydrogens is 242 g/mol. The number of aromatic nitrogens is 1. The van der Waals surface area contributed by atoms with Gasteiger partial charge in [0.15, 0.2) is 0 Å². The van der Waals surface area contributed by atoms with Crippen LogP contribution in [0.2, 0.25) is 0 Å². The van der Waals surface area contributed by atoms with Crippen molar-refractivity contribution in [2.75, 3.05) is 12.8 Å². The van der Waals surface area contributed by atoms with Crippen molar-refractivity contribution in [3.8, 4) is 0 Å². The standard InChI is InChI=1S/C14H23N3O2/c1-5-17-8-9(15)6-10(17)13(18)16-11-7-12(19-4)14(11,2)3/h6,8,11-12H,5,7,15H2,1-4H3,(H,16,18). The second-order valence-corrected chi connectivity index (χ2v) is 5.75. The summed E-state index contributed by atoms with van der Waals surface area (Å²) in [4.78, 5) is 12.3. The Labute approximate surface area is 114 Å². The zero-order valence-electron chi connectivity index (χ0n) is 12.1. The molecule has 0 aromatic carbocycles. The van der Waals surface area contributed by atoms with Crippen LogP contribution in [0, 0.1) is 5.41 Å². The molecule has 0 radical (unpaired) electrons. The number of anilines is 1. The smallest absolute Gasteiger partial charge is 0.268 e. The van der Waals surface area contributed by atoms with Crippen molar-refractivity contribution < 1.29 is 9.53 Å². The molecule has 3 N–H and O–H groups in total. The van der Waals surface area contributed by atoms with Crippen LogP contribution < -0.4 is 11.1 Å². The van der Waals surface area contributed by atoms with Crippen LogP contribution in [0.4, 0.5) is 5.69 Å². The number of rotatable bonds is 4. The summed E-state index contributed by atoms with van der Waals surface area (Å²) < 4.78 is 7.26. The molecule has 0 bridgehead atoms. The van der Waals surface area contributed by atoms with E-state index in [4.69, 9.17) is 10.5 Å². The molecule has 1 aromatic heterocycles. The van der Waals surface area contributed by atoms with Crippen molar-refractivity contribution in [1.29, 1.82) is 0 Å². The Hall–Kier alpha value is -1.49. The molecule has 2 atom stereocenters. The normalized spacial score (nSPS) is 24.8. The van der Waals surface area contributed by atoms with Gasteiger partial charge < -0.3 is 20.4 Å². The van der Waals surface area contributed by atoms with Crippen LogP contribution in [0.5, 0.6) is 0 Å². The molecule has 1 aromatic rings. The molecule has 106 valence electrons. The molecule has 2 rings (SSSR count). The molecule has 1 amide bonds. The van der Waals surface area contributed by atoms with Crippen LogP contribution in [0.15, 0.2) is 12.3 Å². The number of nitrogen functional groups attached to an aromatic ring is 1. The lowest BCUT2D eigenvalue weighted by Crippen LogP contribution is -2.61. The van der Waals surface area contributed by atoms with E-state index in [1.54, 1.807) is 19.4 Å². The predicted molar refractivity (Wildman–Crippen MR) is 75.0 cm³/mol. The maximum atomic E-state index is 12.3. The zero-order valence-corrected chi connectivity index (χ0v) is 12.1. The van der Waals surface area contributed by atoms with E-state index in [-0.39, 0.29) is 23.5 Å². The van der Waals surface area contributed by atoms with Crippen LogP contribution in [0.3, 0.4) is 0 Å². The molecule has 5 heteroatoms. The molecule has 1 aliphatic carbocycles. The highest BCUT2D eigenvalue weighted by Crippen LogP contribution is 2.42. The van der Waals surface area contributed by atoms with E-state index in [2.05, 4.69) is 19.2 Å². The Morgan fingerprint density at radius 1 is 1.63 bits per heavy atom. The van der Waals surface area contributed by atoms with Gasteiger partial charge in [0.25, 0.3) is 5.91 Å². The van der Waals surface area contributed by atoms with E-state index in [0.717, 1.165) is 13.0 Å². The Balaban J connectivity index is 2.06. The summed E-state index contributed by atoms with van der Waals surface area (Å²) in [6.07, 6.45) is 2.86. The highest BCUT2D eigenvalue weighted by Gasteiger charge is 2.49. The third kappa shape index (κ3) is 2.34. The highest BCUT2D eigenvalue weighted by atomic mass is 16.5. The summed E-state index contributed by atoms with van der Waals surface area (Å²) in [5.41, 5.74) is 6.96. The second-order valence-electron chi connectivity index (χ2n) is 5.75. The molecule has 2 unspecified atom stereocenters. The van der Waals surface area contributed by atoms with Crippen molar-refractivity contribution in [1.82, 2.24) is 9.88 Å². The van der Waals surface area contributed by atoms with Crippen molar-refractivity contribution in [2.24, 2.45) is 5.41 Å². The lowest BCUT2D eigenvalue weighted by Gasteiger charge is -2.51. The topological polar surface area (TPSA) is 69.3 Å². The Kier molecular flexibility index (Phi) is 3.58. The van der Waals surface area contributed by atoms with E-state index >= 15 is 0 Å². The monoisotopic (exact) mass is 265 g/mol. The third-order valence-electron chi connectivity index (χ3n) is 4.26. The van der Waals surface area contributed by atoms with E-state index < -0.39 is 0 Å². The summed E-state index contributed by atoms with van der Waals surface area (Å²) in [5, 5.41) is 3.08. The predicted octanol–water partition coefficient (Wildman–Crippen LogP) is 1.63. The number of nitrogens with one attached hydrogen (secondary N) is 1. The number of hydrogen-bond acceptors (Lipinski definition) is 3. The number of methoxy groups -OCH3 is 1. The van der Waals surface area contributed by atoms with Gasteiger partial charge in [0.05, 0.1) is 11.8 Å². The van der Waals surface area contributed by atoms with Crippen LogP contribution in [0.25, 0.3) is 0 Å². The number of carbonyl (C=O) groups excluding carboxylic acids is 1. The average Bonchev–Trinajstić information content (AvgIpc) is 2.75. The first-order valence-electron chi connectivity index (χ1n) is 6.69. The summed E-state index contributed by atoms with van der Waals surface area (Å²) in [5.74, 6) is -0.0637. The van der Waals surface area contributed by atoms with Crippen LogP contribution in [-0.2, 0) is 11.3 Å². The van der Waals surface area contributed by atoms with Gasteiger partial charge in [-0.1, -0.05) is 13.8 Å². The molecule has 5 nitrogen and oxygen atoms in total. The van der Waals surface area contributed by atoms with Gasteiger partial charge in [0.2, 0.25) is 0 Å². The highest BCUT2D eigenvalue weighted by molar-refractivity contribution is 5.94. The summed E-state index contributed by atoms with van der Waals surface area (Å²) in [7, 11) is 1.72. The first-order valence-corrected chi connectivity index (χ1v) is 6.69. The number of carbonyl (C=O) groups is 1. The fraction of sp³-hybridized carbons (Fsp3) is 0.643. The number of nitrogens with two attached hydrogens (primary N) is 1. The molecule has 0 saturated heterocycles. The van der Waals surface area contributed by atoms with Gasteiger partial charge in [-0.2, -0.15) is 0 Å². The molecule has 1 heterocycles. The third-order valence-corrected chi connectivity index (χ3v) is 4.26. The van der Waals surface area contributed by atoms with Gasteiger partial charge in [0.1, 0.15) is 5.69 Å². The van der Waals surface area contributed by atoms with Crippen LogP contribution >= 0.6 is 0 Å². The average molecular weight is 265 g/mol. The first-order chi connectivity index (χ1) is 8.90. The Morgan fingerprint density at radius 2 is 2.32 bits per heavy atom. The fourth-order valence-electron chi connectivity index (χ4n) is 2.75. The maximum Gasteiger partial charge on any atom is 0.268 e. The van der Waals surface area contributed by atoms with Gasteiger partial charge >= 0.3 is 0 Å². The first kappa shape index (κ1) is 13.9. The van der Waals surface area contributed by atoms with Gasteiger partial charge in [-0.3, -0.25) is 4.79 Å². The number of amides is 1. The van der Waals surface area contributed by atoms with Gasteiger partial charge in [-0.25, -0.2) is 0 Å². The summed E-state index contributed by atoms with van der Waals surface area (Å²) in [6, 6.07) is 1.87. The van der Waals surface area contributed by atoms with Gasteiger partial charge in [-0.15, -0.1) is 0 Å². The van der Waals surface area contributed by atoms with Gasteiger partial charge in [-0.05, 0) is 19.4 Å². The number of aryl methyl sites for hydroxylation is 1. The van der Waals surface area contributed by atoms with E-state index in [0.29, 0.717) is 11.4 Å². The van der Waals surface area contributed by atoms with Crippen molar-refractivity contribution in [3.05, 3.63) is 18.0 Å². The molecule has 0 spiro atoms. The zero-order chi connectivity index (χ0) is 14.2. The molecule has 19 heavy (non-hydrogen) atoms. The SMILES string of the molecule is CCn1cc(N)cc1C(=O)NC1CC(OC)C1(C)C. The maximum absolute atomic E-state index is 12.3. The minimum atomic E-state index is -0.0637. The Morgan fingerprint density at radius 3 is 2.84 bits per heavy atom. The summed E-state index contributed by atoms with van der Waals surface area (Å²) >= 11 is 0. The minimum Gasteiger partial charge on any atom is -0.397 e. The molecule has 0 aliphatic heterocycles. The van der Waals surface area contributed by atoms with E-state index in [9.17, 15) is 4.79 Å². The van der Waals surface area contributed by atoms with Crippen LogP contribution in [-0.4, -0.2) is 29.7 Å². The molecule has 1 aliphatic rings. The van der Waals surface area contributed by atoms with Crippen LogP contribution in [0.1, 0.15) is 37.7 Å². The fourth-order valence-corrected chi connectivity index (χ4v) is 2.75. The Bertz CT molecular complexity index is 479. The van der Waals surface area contributed by atoms with Crippen molar-refractivity contribution in [2.45, 2.75) is 45.9 Å². The van der Waals surface area contributed by atoms with E-state index in [1.165, 1.54) is 0 Å². The summed E-state index contributed by atoms with van der Waals surface area (Å²) in [6.45, 7) is 6.95. The number of hydrogen-bond donors (Lipinski definition) is 2. The van der Waals surface area contributed by atoms with Crippen molar-refractivity contribution in [3.63, 3.8) is 0 Å². The largest absolute Gasteiger partial charge is 0.397 e. The van der Waals surface area contributed by atoms with Gasteiger partial charge in [0, 0.05) is 31.3 Å². The number of ether oxygens (including phenoxy) is 1. The number of nitrogens with zero attached hydrogens (tertiary/aromatic N) is 1. The molecule has 1 saturated carbocycles. The molecular formula is C14H23N3O2. The second kappa shape index (κ2) is 4.89. The lowest BCUT2D eigenvalue weighted by atomic mass is 9.64.